The van der Waals surface area contributed by atoms with Gasteiger partial charge in [-0.3, -0.25) is 0 Å². The van der Waals surface area contributed by atoms with Crippen LogP contribution in [0.2, 0.25) is 5.02 Å². The molecule has 1 aromatic rings. The van der Waals surface area contributed by atoms with Gasteiger partial charge in [-0.15, -0.1) is 0 Å². The molecule has 0 saturated heterocycles. The van der Waals surface area contributed by atoms with E-state index in [9.17, 15) is 5.11 Å². The van der Waals surface area contributed by atoms with Crippen LogP contribution in [-0.2, 0) is 0 Å². The standard InChI is InChI=1S/C15H25ClN2O2/c1-4-7-20-12-8-9(2)14(16)10(3)13(12)15(19)11(18)5-6-17/h8,11,15,19H,4-7,17-18H2,1-3H3. The number of halogens is 1. The molecule has 2 unspecified atom stereocenters. The van der Waals surface area contributed by atoms with Crippen molar-refractivity contribution in [2.24, 2.45) is 11.5 Å². The number of ether oxygens (including phenoxy) is 1. The molecule has 0 aliphatic heterocycles. The minimum Gasteiger partial charge on any atom is -0.493 e. The Balaban J connectivity index is 3.22. The molecule has 5 N–H and O–H groups in total. The van der Waals surface area contributed by atoms with Gasteiger partial charge in [-0.05, 0) is 50.4 Å². The lowest BCUT2D eigenvalue weighted by atomic mass is 9.94. The predicted octanol–water partition coefficient (Wildman–Crippen LogP) is 2.46. The van der Waals surface area contributed by atoms with Crippen molar-refractivity contribution in [3.05, 3.63) is 27.8 Å². The number of hydrogen-bond donors (Lipinski definition) is 3. The van der Waals surface area contributed by atoms with Crippen LogP contribution in [0.1, 0.15) is 42.6 Å². The van der Waals surface area contributed by atoms with Crippen molar-refractivity contribution >= 4 is 11.6 Å². The highest BCUT2D eigenvalue weighted by atomic mass is 35.5. The van der Waals surface area contributed by atoms with Gasteiger partial charge < -0.3 is 21.3 Å². The Morgan fingerprint density at radius 1 is 1.40 bits per heavy atom. The summed E-state index contributed by atoms with van der Waals surface area (Å²) >= 11 is 6.28. The second-order valence-corrected chi connectivity index (χ2v) is 5.46. The number of benzene rings is 1. The largest absolute Gasteiger partial charge is 0.493 e. The summed E-state index contributed by atoms with van der Waals surface area (Å²) in [6.45, 7) is 6.85. The average molecular weight is 301 g/mol. The monoisotopic (exact) mass is 300 g/mol. The van der Waals surface area contributed by atoms with Crippen molar-refractivity contribution in [2.75, 3.05) is 13.2 Å². The van der Waals surface area contributed by atoms with Crippen LogP contribution in [0.3, 0.4) is 0 Å². The molecule has 0 amide bonds. The maximum atomic E-state index is 10.5. The molecule has 5 heteroatoms. The number of aliphatic hydroxyl groups excluding tert-OH is 1. The molecular formula is C15H25ClN2O2. The molecule has 0 bridgehead atoms. The third-order valence-electron chi connectivity index (χ3n) is 3.36. The summed E-state index contributed by atoms with van der Waals surface area (Å²) in [5, 5.41) is 11.1. The van der Waals surface area contributed by atoms with Crippen LogP contribution in [-0.4, -0.2) is 24.3 Å². The number of nitrogens with two attached hydrogens (primary N) is 2. The van der Waals surface area contributed by atoms with E-state index in [1.54, 1.807) is 0 Å². The summed E-state index contributed by atoms with van der Waals surface area (Å²) in [6, 6.07) is 1.43. The zero-order chi connectivity index (χ0) is 15.3. The molecule has 2 atom stereocenters. The molecule has 0 heterocycles. The number of aliphatic hydroxyl groups is 1. The average Bonchev–Trinajstić information content (AvgIpc) is 2.42. The summed E-state index contributed by atoms with van der Waals surface area (Å²) in [5.74, 6) is 0.659. The Hall–Kier alpha value is -0.810. The fourth-order valence-electron chi connectivity index (χ4n) is 2.20. The summed E-state index contributed by atoms with van der Waals surface area (Å²) in [5.41, 5.74) is 13.9. The van der Waals surface area contributed by atoms with E-state index in [0.717, 1.165) is 17.5 Å². The van der Waals surface area contributed by atoms with Crippen molar-refractivity contribution < 1.29 is 9.84 Å². The molecule has 1 aromatic carbocycles. The van der Waals surface area contributed by atoms with Gasteiger partial charge in [-0.2, -0.15) is 0 Å². The Morgan fingerprint density at radius 2 is 2.05 bits per heavy atom. The van der Waals surface area contributed by atoms with Crippen LogP contribution in [0.5, 0.6) is 5.75 Å². The molecule has 4 nitrogen and oxygen atoms in total. The molecular weight excluding hydrogens is 276 g/mol. The van der Waals surface area contributed by atoms with E-state index in [1.807, 2.05) is 26.8 Å². The van der Waals surface area contributed by atoms with Crippen LogP contribution in [0.25, 0.3) is 0 Å². The first-order chi connectivity index (χ1) is 9.43. The Morgan fingerprint density at radius 3 is 2.60 bits per heavy atom. The fourth-order valence-corrected chi connectivity index (χ4v) is 2.36. The van der Waals surface area contributed by atoms with E-state index in [0.29, 0.717) is 35.9 Å². The predicted molar refractivity (Wildman–Crippen MR) is 83.3 cm³/mol. The van der Waals surface area contributed by atoms with E-state index < -0.39 is 12.1 Å². The Bertz CT molecular complexity index is 452. The third-order valence-corrected chi connectivity index (χ3v) is 3.94. The van der Waals surface area contributed by atoms with Crippen LogP contribution in [0.4, 0.5) is 0 Å². The van der Waals surface area contributed by atoms with Crippen molar-refractivity contribution in [3.63, 3.8) is 0 Å². The molecule has 0 radical (unpaired) electrons. The molecule has 0 saturated carbocycles. The third kappa shape index (κ3) is 3.85. The topological polar surface area (TPSA) is 81.5 Å². The summed E-state index contributed by atoms with van der Waals surface area (Å²) in [4.78, 5) is 0. The Labute approximate surface area is 126 Å². The van der Waals surface area contributed by atoms with Gasteiger partial charge in [0.15, 0.2) is 0 Å². The first kappa shape index (κ1) is 17.2. The minimum absolute atomic E-state index is 0.429. The highest BCUT2D eigenvalue weighted by Gasteiger charge is 2.24. The molecule has 20 heavy (non-hydrogen) atoms. The zero-order valence-corrected chi connectivity index (χ0v) is 13.2. The zero-order valence-electron chi connectivity index (χ0n) is 12.4. The lowest BCUT2D eigenvalue weighted by Gasteiger charge is -2.24. The second kappa shape index (κ2) is 7.84. The molecule has 0 fully saturated rings. The number of aryl methyl sites for hydroxylation is 1. The van der Waals surface area contributed by atoms with Gasteiger partial charge in [0.05, 0.1) is 12.7 Å². The Kier molecular flexibility index (Phi) is 6.76. The van der Waals surface area contributed by atoms with Gasteiger partial charge in [-0.1, -0.05) is 18.5 Å². The number of rotatable bonds is 7. The maximum absolute atomic E-state index is 10.5. The van der Waals surface area contributed by atoms with Gasteiger partial charge in [0.1, 0.15) is 5.75 Å². The lowest BCUT2D eigenvalue weighted by molar-refractivity contribution is 0.137. The van der Waals surface area contributed by atoms with Crippen molar-refractivity contribution in [1.29, 1.82) is 0 Å². The van der Waals surface area contributed by atoms with Gasteiger partial charge in [0, 0.05) is 16.6 Å². The van der Waals surface area contributed by atoms with Crippen LogP contribution < -0.4 is 16.2 Å². The second-order valence-electron chi connectivity index (χ2n) is 5.08. The van der Waals surface area contributed by atoms with E-state index in [4.69, 9.17) is 27.8 Å². The normalized spacial score (nSPS) is 14.2. The quantitative estimate of drug-likeness (QED) is 0.722. The molecule has 0 spiro atoms. The number of hydrogen-bond acceptors (Lipinski definition) is 4. The van der Waals surface area contributed by atoms with Crippen molar-refractivity contribution in [2.45, 2.75) is 45.8 Å². The summed E-state index contributed by atoms with van der Waals surface area (Å²) in [7, 11) is 0. The molecule has 1 rings (SSSR count). The molecule has 114 valence electrons. The first-order valence-electron chi connectivity index (χ1n) is 7.00. The van der Waals surface area contributed by atoms with Crippen LogP contribution in [0, 0.1) is 13.8 Å². The van der Waals surface area contributed by atoms with Crippen molar-refractivity contribution in [1.82, 2.24) is 0 Å². The highest BCUT2D eigenvalue weighted by molar-refractivity contribution is 6.32. The first-order valence-corrected chi connectivity index (χ1v) is 7.37. The summed E-state index contributed by atoms with van der Waals surface area (Å²) < 4.78 is 5.75. The molecule has 0 aromatic heterocycles. The SMILES string of the molecule is CCCOc1cc(C)c(Cl)c(C)c1C(O)C(N)CCN. The van der Waals surface area contributed by atoms with E-state index >= 15 is 0 Å². The lowest BCUT2D eigenvalue weighted by Crippen LogP contribution is -2.31. The highest BCUT2D eigenvalue weighted by Crippen LogP contribution is 2.37. The van der Waals surface area contributed by atoms with E-state index in [-0.39, 0.29) is 0 Å². The van der Waals surface area contributed by atoms with Gasteiger partial charge >= 0.3 is 0 Å². The van der Waals surface area contributed by atoms with E-state index in [1.165, 1.54) is 0 Å². The van der Waals surface area contributed by atoms with Gasteiger partial charge in [0.25, 0.3) is 0 Å². The smallest absolute Gasteiger partial charge is 0.125 e. The fraction of sp³-hybridized carbons (Fsp3) is 0.600. The van der Waals surface area contributed by atoms with Gasteiger partial charge in [-0.25, -0.2) is 0 Å². The van der Waals surface area contributed by atoms with Crippen LogP contribution in [0.15, 0.2) is 6.07 Å². The minimum atomic E-state index is -0.830. The van der Waals surface area contributed by atoms with Gasteiger partial charge in [0.2, 0.25) is 0 Å². The molecule has 0 aliphatic rings. The summed E-state index contributed by atoms with van der Waals surface area (Å²) in [6.07, 6.45) is 0.605. The maximum Gasteiger partial charge on any atom is 0.125 e. The molecule has 0 aliphatic carbocycles. The van der Waals surface area contributed by atoms with E-state index in [2.05, 4.69) is 0 Å². The van der Waals surface area contributed by atoms with Crippen LogP contribution >= 0.6 is 11.6 Å². The van der Waals surface area contributed by atoms with Crippen molar-refractivity contribution in [3.8, 4) is 5.75 Å².